The number of hydrogen-bond donors (Lipinski definition) is 3. The van der Waals surface area contributed by atoms with E-state index in [-0.39, 0.29) is 6.42 Å². The average Bonchev–Trinajstić information content (AvgIpc) is 2.31. The van der Waals surface area contributed by atoms with Crippen molar-refractivity contribution < 1.29 is 14.7 Å². The third-order valence-corrected chi connectivity index (χ3v) is 2.09. The van der Waals surface area contributed by atoms with Crippen molar-refractivity contribution in [2.24, 2.45) is 10.8 Å². The van der Waals surface area contributed by atoms with Gasteiger partial charge in [0.2, 0.25) is 6.41 Å². The highest BCUT2D eigenvalue weighted by Crippen LogP contribution is 2.05. The minimum Gasteiger partial charge on any atom is -0.480 e. The molecule has 0 fully saturated rings. The van der Waals surface area contributed by atoms with E-state index in [0.717, 1.165) is 11.1 Å². The maximum Gasteiger partial charge on any atom is 0.320 e. The number of carboxylic acids is 1. The molecular weight excluding hydrogens is 222 g/mol. The van der Waals surface area contributed by atoms with Crippen LogP contribution in [0.5, 0.6) is 0 Å². The summed E-state index contributed by atoms with van der Waals surface area (Å²) >= 11 is 0. The Kier molecular flexibility index (Phi) is 4.83. The van der Waals surface area contributed by atoms with Crippen molar-refractivity contribution in [2.75, 3.05) is 0 Å². The Morgan fingerprint density at radius 1 is 1.47 bits per heavy atom. The fourth-order valence-electron chi connectivity index (χ4n) is 1.22. The lowest BCUT2D eigenvalue weighted by Crippen LogP contribution is -2.32. The van der Waals surface area contributed by atoms with E-state index in [1.165, 1.54) is 6.21 Å². The lowest BCUT2D eigenvalue weighted by molar-refractivity contribution is -0.138. The van der Waals surface area contributed by atoms with E-state index < -0.39 is 12.0 Å². The van der Waals surface area contributed by atoms with Crippen molar-refractivity contribution >= 4 is 18.6 Å². The van der Waals surface area contributed by atoms with Crippen LogP contribution in [-0.2, 0) is 16.0 Å². The zero-order chi connectivity index (χ0) is 12.7. The largest absolute Gasteiger partial charge is 0.480 e. The van der Waals surface area contributed by atoms with E-state index in [2.05, 4.69) is 10.5 Å². The van der Waals surface area contributed by atoms with Crippen LogP contribution >= 0.6 is 0 Å². The van der Waals surface area contributed by atoms with Crippen molar-refractivity contribution in [3.63, 3.8) is 0 Å². The van der Waals surface area contributed by atoms with Gasteiger partial charge in [0.05, 0.1) is 6.21 Å². The zero-order valence-corrected chi connectivity index (χ0v) is 9.04. The third kappa shape index (κ3) is 4.43. The average molecular weight is 235 g/mol. The molecule has 1 amide bonds. The van der Waals surface area contributed by atoms with Crippen LogP contribution < -0.4 is 11.2 Å². The molecule has 0 heterocycles. The number of hydrazone groups is 1. The summed E-state index contributed by atoms with van der Waals surface area (Å²) in [7, 11) is 0. The van der Waals surface area contributed by atoms with Crippen LogP contribution in [0.4, 0.5) is 0 Å². The van der Waals surface area contributed by atoms with Crippen LogP contribution in [0.3, 0.4) is 0 Å². The van der Waals surface area contributed by atoms with Gasteiger partial charge < -0.3 is 10.8 Å². The molecule has 0 aliphatic heterocycles. The number of carboxylic acid groups (broad SMARTS) is 1. The van der Waals surface area contributed by atoms with Crippen LogP contribution in [-0.4, -0.2) is 29.7 Å². The molecule has 0 saturated carbocycles. The second-order valence-corrected chi connectivity index (χ2v) is 3.40. The van der Waals surface area contributed by atoms with E-state index in [0.29, 0.717) is 6.41 Å². The number of nitrogens with zero attached hydrogens (tertiary/aromatic N) is 1. The minimum absolute atomic E-state index is 0.277. The van der Waals surface area contributed by atoms with Crippen LogP contribution in [0.1, 0.15) is 11.1 Å². The fourth-order valence-corrected chi connectivity index (χ4v) is 1.22. The standard InChI is InChI=1S/C11H13N3O3/c12-10(11(16)17)5-8-1-3-9(4-2-8)6-13-14-7-15/h1-4,6-7,10H,5,12H2,(H,14,15)(H,16,17)/b13-6+/t10-/m0/s1. The number of aliphatic carboxylic acids is 1. The Bertz CT molecular complexity index is 414. The molecule has 0 bridgehead atoms. The highest BCUT2D eigenvalue weighted by molar-refractivity contribution is 5.80. The minimum atomic E-state index is -1.02. The molecule has 4 N–H and O–H groups in total. The van der Waals surface area contributed by atoms with Gasteiger partial charge in [-0.05, 0) is 17.5 Å². The Morgan fingerprint density at radius 2 is 2.12 bits per heavy atom. The number of nitrogens with two attached hydrogens (primary N) is 1. The first-order valence-corrected chi connectivity index (χ1v) is 4.93. The van der Waals surface area contributed by atoms with Gasteiger partial charge in [-0.2, -0.15) is 5.10 Å². The first-order valence-electron chi connectivity index (χ1n) is 4.93. The second kappa shape index (κ2) is 6.39. The van der Waals surface area contributed by atoms with Crippen LogP contribution in [0.15, 0.2) is 29.4 Å². The Labute approximate surface area is 98.1 Å². The molecule has 0 aromatic heterocycles. The van der Waals surface area contributed by atoms with Gasteiger partial charge in [-0.15, -0.1) is 0 Å². The number of nitrogens with one attached hydrogen (secondary N) is 1. The first-order chi connectivity index (χ1) is 8.13. The maximum atomic E-state index is 10.6. The van der Waals surface area contributed by atoms with Crippen LogP contribution in [0, 0.1) is 0 Å². The molecule has 1 atom stereocenters. The summed E-state index contributed by atoms with van der Waals surface area (Å²) in [6, 6.07) is 6.17. The van der Waals surface area contributed by atoms with Gasteiger partial charge in [0.25, 0.3) is 0 Å². The topological polar surface area (TPSA) is 105 Å². The highest BCUT2D eigenvalue weighted by atomic mass is 16.4. The molecule has 1 aromatic rings. The second-order valence-electron chi connectivity index (χ2n) is 3.40. The number of carbonyl (C=O) groups excluding carboxylic acids is 1. The molecule has 0 radical (unpaired) electrons. The molecule has 90 valence electrons. The predicted octanol–water partition coefficient (Wildman–Crippen LogP) is -0.279. The summed E-state index contributed by atoms with van der Waals surface area (Å²) in [6.07, 6.45) is 2.23. The molecular formula is C11H13N3O3. The van der Waals surface area contributed by atoms with Crippen LogP contribution in [0.2, 0.25) is 0 Å². The molecule has 0 aliphatic rings. The summed E-state index contributed by atoms with van der Waals surface area (Å²) in [5.74, 6) is -1.02. The summed E-state index contributed by atoms with van der Waals surface area (Å²) in [5, 5.41) is 12.3. The quantitative estimate of drug-likeness (QED) is 0.358. The Morgan fingerprint density at radius 3 is 2.65 bits per heavy atom. The van der Waals surface area contributed by atoms with Gasteiger partial charge in [0.1, 0.15) is 6.04 Å². The summed E-state index contributed by atoms with van der Waals surface area (Å²) < 4.78 is 0. The van der Waals surface area contributed by atoms with Crippen molar-refractivity contribution in [2.45, 2.75) is 12.5 Å². The van der Waals surface area contributed by atoms with Gasteiger partial charge in [-0.25, -0.2) is 5.43 Å². The lowest BCUT2D eigenvalue weighted by atomic mass is 10.1. The van der Waals surface area contributed by atoms with E-state index in [4.69, 9.17) is 10.8 Å². The number of carbonyl (C=O) groups is 2. The molecule has 6 nitrogen and oxygen atoms in total. The molecule has 17 heavy (non-hydrogen) atoms. The summed E-state index contributed by atoms with van der Waals surface area (Å²) in [4.78, 5) is 20.5. The van der Waals surface area contributed by atoms with Gasteiger partial charge in [0, 0.05) is 0 Å². The molecule has 0 saturated heterocycles. The smallest absolute Gasteiger partial charge is 0.320 e. The predicted molar refractivity (Wildman–Crippen MR) is 62.6 cm³/mol. The number of hydrogen-bond acceptors (Lipinski definition) is 4. The van der Waals surface area contributed by atoms with Gasteiger partial charge >= 0.3 is 5.97 Å². The third-order valence-electron chi connectivity index (χ3n) is 2.09. The summed E-state index contributed by atoms with van der Waals surface area (Å²) in [5.41, 5.74) is 9.19. The van der Waals surface area contributed by atoms with E-state index in [1.54, 1.807) is 24.3 Å². The number of benzene rings is 1. The van der Waals surface area contributed by atoms with Crippen molar-refractivity contribution in [3.05, 3.63) is 35.4 Å². The lowest BCUT2D eigenvalue weighted by Gasteiger charge is -2.06. The fraction of sp³-hybridized carbons (Fsp3) is 0.182. The van der Waals surface area contributed by atoms with E-state index in [1.807, 2.05) is 0 Å². The highest BCUT2D eigenvalue weighted by Gasteiger charge is 2.11. The van der Waals surface area contributed by atoms with Gasteiger partial charge in [-0.3, -0.25) is 9.59 Å². The molecule has 0 spiro atoms. The Hall–Kier alpha value is -2.21. The maximum absolute atomic E-state index is 10.6. The first kappa shape index (κ1) is 12.9. The molecule has 1 aromatic carbocycles. The van der Waals surface area contributed by atoms with E-state index in [9.17, 15) is 9.59 Å². The van der Waals surface area contributed by atoms with Crippen molar-refractivity contribution in [3.8, 4) is 0 Å². The van der Waals surface area contributed by atoms with E-state index >= 15 is 0 Å². The van der Waals surface area contributed by atoms with Crippen LogP contribution in [0.25, 0.3) is 0 Å². The molecule has 1 rings (SSSR count). The molecule has 6 heteroatoms. The molecule has 0 unspecified atom stereocenters. The van der Waals surface area contributed by atoms with Gasteiger partial charge in [-0.1, -0.05) is 24.3 Å². The number of rotatable bonds is 6. The van der Waals surface area contributed by atoms with Crippen molar-refractivity contribution in [1.29, 1.82) is 0 Å². The monoisotopic (exact) mass is 235 g/mol. The SMILES string of the molecule is N[C@@H](Cc1ccc(/C=N/NC=O)cc1)C(=O)O. The summed E-state index contributed by atoms with van der Waals surface area (Å²) in [6.45, 7) is 0. The number of amides is 1. The van der Waals surface area contributed by atoms with Gasteiger partial charge in [0.15, 0.2) is 0 Å². The van der Waals surface area contributed by atoms with Crippen molar-refractivity contribution in [1.82, 2.24) is 5.43 Å². The zero-order valence-electron chi connectivity index (χ0n) is 9.04. The Balaban J connectivity index is 2.61. The normalized spacial score (nSPS) is 12.3. The molecule has 0 aliphatic carbocycles.